The number of amides is 1. The van der Waals surface area contributed by atoms with Gasteiger partial charge in [-0.3, -0.25) is 4.79 Å². The molecule has 1 saturated carbocycles. The number of aryl methyl sites for hydroxylation is 1. The van der Waals surface area contributed by atoms with Crippen LogP contribution in [0.5, 0.6) is 0 Å². The Morgan fingerprint density at radius 3 is 3.09 bits per heavy atom. The van der Waals surface area contributed by atoms with Crippen LogP contribution in [0.3, 0.4) is 0 Å². The Hall–Kier alpha value is -2.14. The summed E-state index contributed by atoms with van der Waals surface area (Å²) in [6.45, 7) is 2.44. The highest BCUT2D eigenvalue weighted by Gasteiger charge is 2.27. The van der Waals surface area contributed by atoms with Gasteiger partial charge >= 0.3 is 0 Å². The van der Waals surface area contributed by atoms with Crippen molar-refractivity contribution >= 4 is 27.3 Å². The number of carbonyl (C=O) groups is 1. The van der Waals surface area contributed by atoms with Crippen molar-refractivity contribution in [3.63, 3.8) is 0 Å². The lowest BCUT2D eigenvalue weighted by Crippen LogP contribution is -2.22. The Balaban J connectivity index is 1.49. The summed E-state index contributed by atoms with van der Waals surface area (Å²) in [6, 6.07) is 8.14. The molecular weight excluding hydrogens is 296 g/mol. The Morgan fingerprint density at radius 2 is 2.27 bits per heavy atom. The van der Waals surface area contributed by atoms with Gasteiger partial charge in [0.1, 0.15) is 11.5 Å². The Labute approximate surface area is 132 Å². The third kappa shape index (κ3) is 2.52. The van der Waals surface area contributed by atoms with Gasteiger partial charge < -0.3 is 9.84 Å². The Kier molecular flexibility index (Phi) is 3.22. The van der Waals surface area contributed by atoms with E-state index in [2.05, 4.69) is 28.7 Å². The second kappa shape index (κ2) is 5.25. The van der Waals surface area contributed by atoms with Gasteiger partial charge in [-0.1, -0.05) is 16.8 Å². The summed E-state index contributed by atoms with van der Waals surface area (Å²) in [6.07, 6.45) is 2.36. The van der Waals surface area contributed by atoms with Crippen LogP contribution in [0.2, 0.25) is 0 Å². The fourth-order valence-electron chi connectivity index (χ4n) is 2.56. The maximum Gasteiger partial charge on any atom is 0.253 e. The maximum absolute atomic E-state index is 12.4. The number of benzene rings is 1. The quantitative estimate of drug-likeness (QED) is 0.792. The molecule has 112 valence electrons. The lowest BCUT2D eigenvalue weighted by atomic mass is 10.1. The molecule has 4 rings (SSSR count). The molecule has 22 heavy (non-hydrogen) atoms. The molecule has 3 aromatic rings. The monoisotopic (exact) mass is 312 g/mol. The molecule has 1 amide bonds. The van der Waals surface area contributed by atoms with Gasteiger partial charge in [0.15, 0.2) is 0 Å². The van der Waals surface area contributed by atoms with Crippen molar-refractivity contribution in [2.45, 2.75) is 32.2 Å². The van der Waals surface area contributed by atoms with Crippen LogP contribution < -0.4 is 5.32 Å². The first kappa shape index (κ1) is 13.5. The number of nitrogens with one attached hydrogen (secondary N) is 1. The van der Waals surface area contributed by atoms with Crippen LogP contribution in [0.25, 0.3) is 10.1 Å². The first-order valence-corrected chi connectivity index (χ1v) is 8.30. The molecule has 0 atom stereocenters. The second-order valence-corrected chi connectivity index (χ2v) is 6.74. The van der Waals surface area contributed by atoms with E-state index in [0.717, 1.165) is 32.7 Å². The lowest BCUT2D eigenvalue weighted by molar-refractivity contribution is 0.0952. The smallest absolute Gasteiger partial charge is 0.253 e. The van der Waals surface area contributed by atoms with Gasteiger partial charge in [-0.05, 0) is 31.9 Å². The van der Waals surface area contributed by atoms with E-state index in [1.807, 2.05) is 18.4 Å². The van der Waals surface area contributed by atoms with E-state index in [1.54, 1.807) is 11.3 Å². The largest absolute Gasteiger partial charge is 0.361 e. The van der Waals surface area contributed by atoms with Crippen LogP contribution in [0, 0.1) is 6.92 Å². The zero-order valence-corrected chi connectivity index (χ0v) is 13.1. The maximum atomic E-state index is 12.4. The van der Waals surface area contributed by atoms with Gasteiger partial charge in [-0.15, -0.1) is 11.3 Å². The van der Waals surface area contributed by atoms with E-state index in [4.69, 9.17) is 4.52 Å². The van der Waals surface area contributed by atoms with Crippen LogP contribution in [-0.2, 0) is 6.54 Å². The fraction of sp³-hybridized carbons (Fsp3) is 0.294. The van der Waals surface area contributed by atoms with Crippen molar-refractivity contribution in [2.75, 3.05) is 0 Å². The number of fused-ring (bicyclic) bond motifs is 1. The average Bonchev–Trinajstić information content (AvgIpc) is 3.11. The van der Waals surface area contributed by atoms with E-state index in [9.17, 15) is 4.79 Å². The van der Waals surface area contributed by atoms with Gasteiger partial charge in [-0.2, -0.15) is 0 Å². The molecule has 1 aliphatic carbocycles. The lowest BCUT2D eigenvalue weighted by Gasteiger charge is -2.02. The summed E-state index contributed by atoms with van der Waals surface area (Å²) in [5.41, 5.74) is 2.67. The van der Waals surface area contributed by atoms with Crippen LogP contribution in [0.1, 0.15) is 46.1 Å². The number of hydrogen-bond donors (Lipinski definition) is 1. The molecule has 2 heterocycles. The molecule has 1 aromatic carbocycles. The van der Waals surface area contributed by atoms with Gasteiger partial charge in [0, 0.05) is 27.5 Å². The zero-order chi connectivity index (χ0) is 15.1. The molecule has 0 radical (unpaired) electrons. The fourth-order valence-corrected chi connectivity index (χ4v) is 3.48. The highest BCUT2D eigenvalue weighted by Crippen LogP contribution is 2.40. The highest BCUT2D eigenvalue weighted by atomic mass is 32.1. The Bertz CT molecular complexity index is 845. The summed E-state index contributed by atoms with van der Waals surface area (Å²) in [5.74, 6) is 1.43. The summed E-state index contributed by atoms with van der Waals surface area (Å²) >= 11 is 1.59. The van der Waals surface area contributed by atoms with Crippen molar-refractivity contribution in [3.8, 4) is 0 Å². The van der Waals surface area contributed by atoms with Gasteiger partial charge in [0.05, 0.1) is 12.1 Å². The van der Waals surface area contributed by atoms with Crippen molar-refractivity contribution in [2.24, 2.45) is 0 Å². The molecule has 4 nitrogen and oxygen atoms in total. The number of rotatable bonds is 4. The minimum atomic E-state index is -0.0622. The van der Waals surface area contributed by atoms with Gasteiger partial charge in [-0.25, -0.2) is 0 Å². The van der Waals surface area contributed by atoms with Crippen LogP contribution in [0.15, 0.2) is 34.2 Å². The predicted molar refractivity (Wildman–Crippen MR) is 86.2 cm³/mol. The predicted octanol–water partition coefficient (Wildman–Crippen LogP) is 4.01. The molecule has 5 heteroatoms. The number of carbonyl (C=O) groups excluding carboxylic acids is 1. The van der Waals surface area contributed by atoms with Gasteiger partial charge in [0.25, 0.3) is 5.91 Å². The minimum Gasteiger partial charge on any atom is -0.361 e. The molecule has 0 spiro atoms. The molecule has 1 aliphatic rings. The van der Waals surface area contributed by atoms with E-state index in [1.165, 1.54) is 12.8 Å². The number of aromatic nitrogens is 1. The van der Waals surface area contributed by atoms with Crippen molar-refractivity contribution in [1.82, 2.24) is 10.5 Å². The zero-order valence-electron chi connectivity index (χ0n) is 12.3. The number of thiophene rings is 1. The number of hydrogen-bond acceptors (Lipinski definition) is 4. The topological polar surface area (TPSA) is 55.1 Å². The summed E-state index contributed by atoms with van der Waals surface area (Å²) in [7, 11) is 0. The minimum absolute atomic E-state index is 0.0622. The van der Waals surface area contributed by atoms with E-state index in [0.29, 0.717) is 12.5 Å². The molecular formula is C17H16N2O2S. The van der Waals surface area contributed by atoms with Crippen molar-refractivity contribution in [1.29, 1.82) is 0 Å². The molecule has 1 N–H and O–H groups in total. The van der Waals surface area contributed by atoms with Gasteiger partial charge in [0.2, 0.25) is 0 Å². The first-order valence-electron chi connectivity index (χ1n) is 7.42. The summed E-state index contributed by atoms with van der Waals surface area (Å²) in [4.78, 5) is 12.4. The van der Waals surface area contributed by atoms with E-state index in [-0.39, 0.29) is 5.91 Å². The number of nitrogens with zero attached hydrogens (tertiary/aromatic N) is 1. The third-order valence-corrected chi connectivity index (χ3v) is 4.92. The molecule has 0 saturated heterocycles. The standard InChI is InChI=1S/C17H16N2O2S/c1-10-2-5-16-13(6-10)14(9-22-16)17(20)18-8-12-7-15(21-19-12)11-3-4-11/h2,5-7,9,11H,3-4,8H2,1H3,(H,18,20). The van der Waals surface area contributed by atoms with E-state index < -0.39 is 0 Å². The first-order chi connectivity index (χ1) is 10.7. The summed E-state index contributed by atoms with van der Waals surface area (Å²) in [5, 5.41) is 9.88. The summed E-state index contributed by atoms with van der Waals surface area (Å²) < 4.78 is 6.43. The average molecular weight is 312 g/mol. The van der Waals surface area contributed by atoms with E-state index >= 15 is 0 Å². The molecule has 0 unspecified atom stereocenters. The Morgan fingerprint density at radius 1 is 1.41 bits per heavy atom. The second-order valence-electron chi connectivity index (χ2n) is 5.83. The molecule has 0 bridgehead atoms. The molecule has 1 fully saturated rings. The third-order valence-electron chi connectivity index (χ3n) is 3.96. The van der Waals surface area contributed by atoms with Crippen LogP contribution in [-0.4, -0.2) is 11.1 Å². The van der Waals surface area contributed by atoms with Crippen LogP contribution >= 0.6 is 11.3 Å². The van der Waals surface area contributed by atoms with Crippen molar-refractivity contribution < 1.29 is 9.32 Å². The SMILES string of the molecule is Cc1ccc2scc(C(=O)NCc3cc(C4CC4)on3)c2c1. The highest BCUT2D eigenvalue weighted by molar-refractivity contribution is 7.17. The van der Waals surface area contributed by atoms with Crippen LogP contribution in [0.4, 0.5) is 0 Å². The normalized spacial score (nSPS) is 14.4. The van der Waals surface area contributed by atoms with Crippen molar-refractivity contribution in [3.05, 3.63) is 52.2 Å². The molecule has 0 aliphatic heterocycles. The molecule has 2 aromatic heterocycles.